The largest absolute Gasteiger partial charge is 0.508 e. The van der Waals surface area contributed by atoms with Crippen molar-refractivity contribution in [2.75, 3.05) is 0 Å². The third-order valence-corrected chi connectivity index (χ3v) is 2.40. The first-order chi connectivity index (χ1) is 6.35. The molecule has 0 bridgehead atoms. The number of aliphatic carboxylic acids is 1. The van der Waals surface area contributed by atoms with E-state index >= 15 is 0 Å². The van der Waals surface area contributed by atoms with Crippen LogP contribution in [0.25, 0.3) is 0 Å². The number of carboxylic acid groups (broad SMARTS) is 1. The number of phenolic OH excluding ortho intramolecular Hbond substituents is 1. The third-order valence-electron chi connectivity index (χ3n) is 2.17. The highest BCUT2D eigenvalue weighted by atomic mass is 35.5. The van der Waals surface area contributed by atoms with Crippen molar-refractivity contribution >= 4 is 17.6 Å². The Morgan fingerprint density at radius 1 is 1.43 bits per heavy atom. The van der Waals surface area contributed by atoms with E-state index in [1.807, 2.05) is 0 Å². The standard InChI is InChI=1S/C10H11ClO3/c1-10(2,9(13)14)7-5-6(11)3-4-8(7)12/h3-5,12H,1-2H3,(H,13,14). The summed E-state index contributed by atoms with van der Waals surface area (Å²) in [6.45, 7) is 3.03. The summed E-state index contributed by atoms with van der Waals surface area (Å²) in [6, 6.07) is 4.37. The number of benzene rings is 1. The van der Waals surface area contributed by atoms with E-state index in [0.29, 0.717) is 10.6 Å². The quantitative estimate of drug-likeness (QED) is 0.795. The maximum absolute atomic E-state index is 10.9. The van der Waals surface area contributed by atoms with Crippen molar-refractivity contribution in [3.8, 4) is 5.75 Å². The average Bonchev–Trinajstić information content (AvgIpc) is 2.08. The third kappa shape index (κ3) is 1.82. The molecular formula is C10H11ClO3. The number of hydrogen-bond donors (Lipinski definition) is 2. The van der Waals surface area contributed by atoms with Gasteiger partial charge in [0, 0.05) is 10.6 Å². The first-order valence-electron chi connectivity index (χ1n) is 4.08. The fraction of sp³-hybridized carbons (Fsp3) is 0.300. The number of carbonyl (C=O) groups is 1. The highest BCUT2D eigenvalue weighted by molar-refractivity contribution is 6.30. The zero-order chi connectivity index (χ0) is 10.9. The molecule has 3 nitrogen and oxygen atoms in total. The van der Waals surface area contributed by atoms with Gasteiger partial charge in [0.1, 0.15) is 5.75 Å². The molecule has 1 aromatic carbocycles. The van der Waals surface area contributed by atoms with Crippen LogP contribution < -0.4 is 0 Å². The Morgan fingerprint density at radius 2 is 2.00 bits per heavy atom. The summed E-state index contributed by atoms with van der Waals surface area (Å²) in [4.78, 5) is 10.9. The van der Waals surface area contributed by atoms with Crippen LogP contribution in [0.3, 0.4) is 0 Å². The smallest absolute Gasteiger partial charge is 0.313 e. The summed E-state index contributed by atoms with van der Waals surface area (Å²) >= 11 is 5.72. The fourth-order valence-electron chi connectivity index (χ4n) is 1.12. The molecule has 0 radical (unpaired) electrons. The molecule has 0 unspecified atom stereocenters. The zero-order valence-corrected chi connectivity index (χ0v) is 8.67. The summed E-state index contributed by atoms with van der Waals surface area (Å²) in [5.41, 5.74) is -0.827. The van der Waals surface area contributed by atoms with E-state index < -0.39 is 11.4 Å². The molecule has 0 spiro atoms. The lowest BCUT2D eigenvalue weighted by Crippen LogP contribution is -2.28. The van der Waals surface area contributed by atoms with Gasteiger partial charge in [-0.05, 0) is 32.0 Å². The predicted molar refractivity (Wildman–Crippen MR) is 53.8 cm³/mol. The van der Waals surface area contributed by atoms with Gasteiger partial charge in [-0.25, -0.2) is 0 Å². The first-order valence-corrected chi connectivity index (χ1v) is 4.46. The second-order valence-electron chi connectivity index (χ2n) is 3.59. The second-order valence-corrected chi connectivity index (χ2v) is 4.03. The molecule has 2 N–H and O–H groups in total. The lowest BCUT2D eigenvalue weighted by molar-refractivity contribution is -0.142. The molecule has 0 saturated heterocycles. The van der Waals surface area contributed by atoms with Gasteiger partial charge >= 0.3 is 5.97 Å². The molecule has 0 fully saturated rings. The SMILES string of the molecule is CC(C)(C(=O)O)c1cc(Cl)ccc1O. The van der Waals surface area contributed by atoms with Crippen LogP contribution in [-0.2, 0) is 10.2 Å². The lowest BCUT2D eigenvalue weighted by Gasteiger charge is -2.20. The van der Waals surface area contributed by atoms with E-state index in [-0.39, 0.29) is 5.75 Å². The molecule has 1 rings (SSSR count). The van der Waals surface area contributed by atoms with E-state index in [1.54, 1.807) is 0 Å². The molecular weight excluding hydrogens is 204 g/mol. The van der Waals surface area contributed by atoms with E-state index in [0.717, 1.165) is 0 Å². The van der Waals surface area contributed by atoms with E-state index in [1.165, 1.54) is 32.0 Å². The van der Waals surface area contributed by atoms with E-state index in [4.69, 9.17) is 16.7 Å². The summed E-state index contributed by atoms with van der Waals surface area (Å²) < 4.78 is 0. The van der Waals surface area contributed by atoms with Gasteiger partial charge in [-0.2, -0.15) is 0 Å². The van der Waals surface area contributed by atoms with Crippen molar-refractivity contribution in [3.05, 3.63) is 28.8 Å². The molecule has 1 aromatic rings. The summed E-state index contributed by atoms with van der Waals surface area (Å²) in [5.74, 6) is -1.06. The van der Waals surface area contributed by atoms with Crippen LogP contribution in [0, 0.1) is 0 Å². The van der Waals surface area contributed by atoms with Crippen LogP contribution in [0.15, 0.2) is 18.2 Å². The number of rotatable bonds is 2. The van der Waals surface area contributed by atoms with Crippen LogP contribution in [0.5, 0.6) is 5.75 Å². The van der Waals surface area contributed by atoms with Crippen LogP contribution in [0.1, 0.15) is 19.4 Å². The molecule has 14 heavy (non-hydrogen) atoms. The molecule has 0 saturated carbocycles. The lowest BCUT2D eigenvalue weighted by atomic mass is 9.84. The van der Waals surface area contributed by atoms with Crippen molar-refractivity contribution in [3.63, 3.8) is 0 Å². The van der Waals surface area contributed by atoms with Crippen LogP contribution in [0.4, 0.5) is 0 Å². The van der Waals surface area contributed by atoms with Gasteiger partial charge in [-0.3, -0.25) is 4.79 Å². The minimum absolute atomic E-state index is 0.0539. The highest BCUT2D eigenvalue weighted by Crippen LogP contribution is 2.33. The molecule has 0 amide bonds. The Balaban J connectivity index is 3.31. The monoisotopic (exact) mass is 214 g/mol. The molecule has 0 aliphatic rings. The molecule has 0 atom stereocenters. The van der Waals surface area contributed by atoms with Crippen molar-refractivity contribution < 1.29 is 15.0 Å². The van der Waals surface area contributed by atoms with Crippen LogP contribution >= 0.6 is 11.6 Å². The molecule has 0 aliphatic heterocycles. The Morgan fingerprint density at radius 3 is 2.50 bits per heavy atom. The Hall–Kier alpha value is -1.22. The Labute approximate surface area is 86.9 Å². The highest BCUT2D eigenvalue weighted by Gasteiger charge is 2.32. The second kappa shape index (κ2) is 3.50. The zero-order valence-electron chi connectivity index (χ0n) is 7.91. The van der Waals surface area contributed by atoms with Gasteiger partial charge in [-0.1, -0.05) is 11.6 Å². The van der Waals surface area contributed by atoms with Crippen LogP contribution in [-0.4, -0.2) is 16.2 Å². The predicted octanol–water partition coefficient (Wildman–Crippen LogP) is 2.41. The maximum atomic E-state index is 10.9. The average molecular weight is 215 g/mol. The van der Waals surface area contributed by atoms with E-state index in [2.05, 4.69) is 0 Å². The Bertz CT molecular complexity index is 372. The molecule has 76 valence electrons. The topological polar surface area (TPSA) is 57.5 Å². The van der Waals surface area contributed by atoms with Gasteiger partial charge in [0.2, 0.25) is 0 Å². The van der Waals surface area contributed by atoms with Gasteiger partial charge in [0.15, 0.2) is 0 Å². The number of phenols is 1. The van der Waals surface area contributed by atoms with Crippen molar-refractivity contribution in [2.24, 2.45) is 0 Å². The van der Waals surface area contributed by atoms with Crippen molar-refractivity contribution in [1.82, 2.24) is 0 Å². The fourth-order valence-corrected chi connectivity index (χ4v) is 1.30. The minimum Gasteiger partial charge on any atom is -0.508 e. The maximum Gasteiger partial charge on any atom is 0.313 e. The number of halogens is 1. The van der Waals surface area contributed by atoms with Crippen molar-refractivity contribution in [1.29, 1.82) is 0 Å². The number of aromatic hydroxyl groups is 1. The number of carboxylic acids is 1. The summed E-state index contributed by atoms with van der Waals surface area (Å²) in [5, 5.41) is 18.9. The van der Waals surface area contributed by atoms with Crippen LogP contribution in [0.2, 0.25) is 5.02 Å². The molecule has 0 aromatic heterocycles. The first kappa shape index (κ1) is 10.9. The van der Waals surface area contributed by atoms with Gasteiger partial charge < -0.3 is 10.2 Å². The molecule has 4 heteroatoms. The minimum atomic E-state index is -1.14. The van der Waals surface area contributed by atoms with Gasteiger partial charge in [0.25, 0.3) is 0 Å². The molecule has 0 aliphatic carbocycles. The number of hydrogen-bond acceptors (Lipinski definition) is 2. The van der Waals surface area contributed by atoms with Gasteiger partial charge in [-0.15, -0.1) is 0 Å². The Kier molecular flexibility index (Phi) is 2.71. The van der Waals surface area contributed by atoms with E-state index in [9.17, 15) is 9.90 Å². The van der Waals surface area contributed by atoms with Crippen molar-refractivity contribution in [2.45, 2.75) is 19.3 Å². The normalized spacial score (nSPS) is 11.4. The van der Waals surface area contributed by atoms with Gasteiger partial charge in [0.05, 0.1) is 5.41 Å². The summed E-state index contributed by atoms with van der Waals surface area (Å²) in [7, 11) is 0. The summed E-state index contributed by atoms with van der Waals surface area (Å²) in [6.07, 6.45) is 0. The molecule has 0 heterocycles.